The number of ether oxygens (including phenoxy) is 1. The average molecular weight is 556 g/mol. The smallest absolute Gasteiger partial charge is 0.306 e. The first kappa shape index (κ1) is 29.3. The van der Waals surface area contributed by atoms with Gasteiger partial charge in [0.1, 0.15) is 11.8 Å². The molecule has 9 nitrogen and oxygen atoms in total. The molecule has 0 amide bonds. The predicted molar refractivity (Wildman–Crippen MR) is 153 cm³/mol. The topological polar surface area (TPSA) is 147 Å². The Morgan fingerprint density at radius 3 is 2.46 bits per heavy atom. The van der Waals surface area contributed by atoms with Gasteiger partial charge in [-0.25, -0.2) is 0 Å². The van der Waals surface area contributed by atoms with E-state index in [0.29, 0.717) is 42.0 Å². The van der Waals surface area contributed by atoms with E-state index in [1.807, 2.05) is 50.2 Å². The minimum atomic E-state index is -0.840. The summed E-state index contributed by atoms with van der Waals surface area (Å²) in [4.78, 5) is 27.3. The zero-order chi connectivity index (χ0) is 29.4. The van der Waals surface area contributed by atoms with Crippen LogP contribution in [0.3, 0.4) is 0 Å². The van der Waals surface area contributed by atoms with Crippen molar-refractivity contribution in [1.29, 1.82) is 5.26 Å². The zero-order valence-electron chi connectivity index (χ0n) is 23.2. The summed E-state index contributed by atoms with van der Waals surface area (Å²) in [6, 6.07) is 18.9. The Kier molecular flexibility index (Phi) is 9.69. The summed E-state index contributed by atoms with van der Waals surface area (Å²) < 4.78 is 11.3. The highest BCUT2D eigenvalue weighted by atomic mass is 16.5. The van der Waals surface area contributed by atoms with E-state index >= 15 is 0 Å². The molecule has 0 bridgehead atoms. The largest absolute Gasteiger partial charge is 0.490 e. The molecule has 1 heterocycles. The molecule has 0 aliphatic heterocycles. The monoisotopic (exact) mass is 555 g/mol. The van der Waals surface area contributed by atoms with Crippen molar-refractivity contribution < 1.29 is 29.1 Å². The second-order valence-corrected chi connectivity index (χ2v) is 10.3. The molecule has 212 valence electrons. The minimum Gasteiger partial charge on any atom is -0.490 e. The van der Waals surface area contributed by atoms with Crippen molar-refractivity contribution in [2.24, 2.45) is 5.92 Å². The molecule has 0 aliphatic carbocycles. The molecule has 0 radical (unpaired) electrons. The van der Waals surface area contributed by atoms with Gasteiger partial charge in [-0.05, 0) is 67.6 Å². The molecule has 4 rings (SSSR count). The number of aromatic nitrogens is 2. The number of hydrogen-bond acceptors (Lipinski definition) is 7. The number of fused-ring (bicyclic) bond motifs is 1. The lowest BCUT2D eigenvalue weighted by molar-refractivity contribution is -0.142. The molecule has 9 heteroatoms. The summed E-state index contributed by atoms with van der Waals surface area (Å²) in [5, 5.41) is 34.2. The summed E-state index contributed by atoms with van der Waals surface area (Å²) in [5.74, 6) is -1.04. The van der Waals surface area contributed by atoms with Crippen molar-refractivity contribution in [3.8, 4) is 34.7 Å². The predicted octanol–water partition coefficient (Wildman–Crippen LogP) is 6.88. The second kappa shape index (κ2) is 13.6. The van der Waals surface area contributed by atoms with Gasteiger partial charge in [0.05, 0.1) is 17.6 Å². The van der Waals surface area contributed by atoms with Crippen LogP contribution in [0, 0.1) is 17.2 Å². The van der Waals surface area contributed by atoms with Crippen molar-refractivity contribution >= 4 is 22.7 Å². The number of aliphatic carboxylic acids is 2. The van der Waals surface area contributed by atoms with Crippen LogP contribution < -0.4 is 4.74 Å². The van der Waals surface area contributed by atoms with Gasteiger partial charge in [0.25, 0.3) is 5.89 Å². The van der Waals surface area contributed by atoms with Crippen LogP contribution in [0.4, 0.5) is 0 Å². The highest BCUT2D eigenvalue weighted by molar-refractivity contribution is 5.97. The van der Waals surface area contributed by atoms with Gasteiger partial charge >= 0.3 is 11.9 Å². The van der Waals surface area contributed by atoms with Crippen molar-refractivity contribution in [1.82, 2.24) is 10.1 Å². The summed E-state index contributed by atoms with van der Waals surface area (Å²) in [6.45, 7) is 3.79. The van der Waals surface area contributed by atoms with Crippen molar-refractivity contribution in [2.75, 3.05) is 0 Å². The number of carboxylic acid groups (broad SMARTS) is 2. The highest BCUT2D eigenvalue weighted by Gasteiger charge is 2.21. The molecule has 2 N–H and O–H groups in total. The van der Waals surface area contributed by atoms with Crippen molar-refractivity contribution in [3.63, 3.8) is 0 Å². The molecule has 1 atom stereocenters. The molecule has 41 heavy (non-hydrogen) atoms. The quantitative estimate of drug-likeness (QED) is 0.159. The lowest BCUT2D eigenvalue weighted by Crippen LogP contribution is -2.16. The van der Waals surface area contributed by atoms with E-state index in [1.54, 1.807) is 18.2 Å². The van der Waals surface area contributed by atoms with Crippen LogP contribution >= 0.6 is 0 Å². The third kappa shape index (κ3) is 7.48. The first-order chi connectivity index (χ1) is 19.8. The Labute approximate surface area is 238 Å². The van der Waals surface area contributed by atoms with Crippen molar-refractivity contribution in [3.05, 3.63) is 65.7 Å². The van der Waals surface area contributed by atoms with Crippen molar-refractivity contribution in [2.45, 2.75) is 64.9 Å². The van der Waals surface area contributed by atoms with Gasteiger partial charge in [-0.15, -0.1) is 0 Å². The van der Waals surface area contributed by atoms with Crippen LogP contribution in [0.15, 0.2) is 59.1 Å². The van der Waals surface area contributed by atoms with E-state index in [-0.39, 0.29) is 18.4 Å². The molecular formula is C32H33N3O6. The maximum absolute atomic E-state index is 12.1. The number of unbranched alkanes of at least 4 members (excludes halogenated alkanes) is 3. The first-order valence-electron chi connectivity index (χ1n) is 13.8. The van der Waals surface area contributed by atoms with Crippen LogP contribution in [0.1, 0.15) is 63.5 Å². The molecule has 0 spiro atoms. The second-order valence-electron chi connectivity index (χ2n) is 10.3. The van der Waals surface area contributed by atoms with Gasteiger partial charge in [0.2, 0.25) is 5.82 Å². The fourth-order valence-electron chi connectivity index (χ4n) is 4.89. The molecule has 4 aromatic rings. The molecule has 1 aromatic heterocycles. The Morgan fingerprint density at radius 1 is 1.00 bits per heavy atom. The Balaban J connectivity index is 1.54. The zero-order valence-corrected chi connectivity index (χ0v) is 23.2. The third-order valence-electron chi connectivity index (χ3n) is 6.90. The number of rotatable bonds is 14. The van der Waals surface area contributed by atoms with E-state index in [1.165, 1.54) is 0 Å². The van der Waals surface area contributed by atoms with Crippen LogP contribution in [0.25, 0.3) is 33.6 Å². The van der Waals surface area contributed by atoms with E-state index in [9.17, 15) is 20.0 Å². The molecular weight excluding hydrogens is 522 g/mol. The van der Waals surface area contributed by atoms with E-state index in [0.717, 1.165) is 41.2 Å². The van der Waals surface area contributed by atoms with Gasteiger partial charge in [0.15, 0.2) is 0 Å². The van der Waals surface area contributed by atoms with Gasteiger partial charge < -0.3 is 19.5 Å². The summed E-state index contributed by atoms with van der Waals surface area (Å²) in [5.41, 5.74) is 2.65. The van der Waals surface area contributed by atoms with Gasteiger partial charge in [-0.3, -0.25) is 9.59 Å². The standard InChI is InChI=1S/C32H33N3O6/c1-20(2)40-28-16-14-22(18-24(28)19-33)31-34-30(35-41-31)27-15-13-21(25-10-7-8-11-26(25)27)17-23(32(38)39)9-5-3-4-6-12-29(36)37/h7-8,10-11,13-16,18,20,23H,3-6,9,12,17H2,1-2H3,(H,36,37)(H,38,39). The van der Waals surface area contributed by atoms with E-state index in [4.69, 9.17) is 14.4 Å². The van der Waals surface area contributed by atoms with E-state index in [2.05, 4.69) is 16.2 Å². The Bertz CT molecular complexity index is 1570. The van der Waals surface area contributed by atoms with Gasteiger partial charge in [-0.1, -0.05) is 60.8 Å². The lowest BCUT2D eigenvalue weighted by Gasteiger charge is -2.15. The maximum atomic E-state index is 12.1. The fraction of sp³-hybridized carbons (Fsp3) is 0.344. The fourth-order valence-corrected chi connectivity index (χ4v) is 4.89. The summed E-state index contributed by atoms with van der Waals surface area (Å²) >= 11 is 0. The number of carbonyl (C=O) groups is 2. The molecule has 0 saturated heterocycles. The molecule has 3 aromatic carbocycles. The summed E-state index contributed by atoms with van der Waals surface area (Å²) in [6.07, 6.45) is 3.90. The minimum absolute atomic E-state index is 0.0690. The molecule has 0 aliphatic rings. The maximum Gasteiger partial charge on any atom is 0.306 e. The number of carboxylic acids is 2. The average Bonchev–Trinajstić information content (AvgIpc) is 3.44. The highest BCUT2D eigenvalue weighted by Crippen LogP contribution is 2.33. The van der Waals surface area contributed by atoms with Crippen LogP contribution in [-0.4, -0.2) is 38.4 Å². The lowest BCUT2D eigenvalue weighted by atomic mass is 9.89. The first-order valence-corrected chi connectivity index (χ1v) is 13.8. The number of nitriles is 1. The van der Waals surface area contributed by atoms with Crippen LogP contribution in [0.2, 0.25) is 0 Å². The number of nitrogens with zero attached hydrogens (tertiary/aromatic N) is 3. The van der Waals surface area contributed by atoms with Gasteiger partial charge in [-0.2, -0.15) is 10.2 Å². The molecule has 0 saturated carbocycles. The number of benzene rings is 3. The van der Waals surface area contributed by atoms with Crippen LogP contribution in [0.5, 0.6) is 5.75 Å². The Hall–Kier alpha value is -4.71. The third-order valence-corrected chi connectivity index (χ3v) is 6.90. The SMILES string of the molecule is CC(C)Oc1ccc(-c2nc(-c3ccc(CC(CCCCCCC(=O)O)C(=O)O)c4ccccc34)no2)cc1C#N. The van der Waals surface area contributed by atoms with Gasteiger partial charge in [0, 0.05) is 17.5 Å². The number of hydrogen-bond donors (Lipinski definition) is 2. The summed E-state index contributed by atoms with van der Waals surface area (Å²) in [7, 11) is 0. The normalized spacial score (nSPS) is 11.9. The van der Waals surface area contributed by atoms with Crippen LogP contribution in [-0.2, 0) is 16.0 Å². The molecule has 1 unspecified atom stereocenters. The van der Waals surface area contributed by atoms with E-state index < -0.39 is 17.9 Å². The molecule has 0 fully saturated rings. The Morgan fingerprint density at radius 2 is 1.76 bits per heavy atom.